The maximum Gasteiger partial charge on any atom is 0.227 e. The molecular weight excluding hydrogens is 390 g/mol. The first-order valence-corrected chi connectivity index (χ1v) is 12.0. The van der Waals surface area contributed by atoms with Crippen LogP contribution in [-0.4, -0.2) is 38.9 Å². The Hall–Kier alpha value is -2.35. The number of morpholine rings is 1. The van der Waals surface area contributed by atoms with E-state index < -0.39 is 0 Å². The summed E-state index contributed by atoms with van der Waals surface area (Å²) in [5.41, 5.74) is 16.0. The van der Waals surface area contributed by atoms with Crippen molar-refractivity contribution in [1.29, 1.82) is 0 Å². The van der Waals surface area contributed by atoms with Crippen molar-refractivity contribution in [1.82, 2.24) is 19.7 Å². The number of nitrogen functional groups attached to an aromatic ring is 2. The number of ether oxygens (including phenoxy) is 1. The van der Waals surface area contributed by atoms with E-state index in [4.69, 9.17) is 21.2 Å². The zero-order valence-corrected chi connectivity index (χ0v) is 17.6. The molecule has 0 spiro atoms. The third-order valence-electron chi connectivity index (χ3n) is 10.3. The Morgan fingerprint density at radius 2 is 1.77 bits per heavy atom. The fourth-order valence-corrected chi connectivity index (χ4v) is 9.21. The van der Waals surface area contributed by atoms with E-state index in [1.807, 2.05) is 6.20 Å². The highest BCUT2D eigenvalue weighted by atomic mass is 16.5. The minimum Gasteiger partial charge on any atom is -0.394 e. The lowest BCUT2D eigenvalue weighted by atomic mass is 8.96. The molecule has 7 saturated carbocycles. The van der Waals surface area contributed by atoms with Crippen molar-refractivity contribution in [3.8, 4) is 0 Å². The van der Waals surface area contributed by atoms with Crippen LogP contribution in [-0.2, 0) is 10.2 Å². The molecule has 3 heterocycles. The predicted octanol–water partition coefficient (Wildman–Crippen LogP) is 1.76. The summed E-state index contributed by atoms with van der Waals surface area (Å²) in [5, 5.41) is 4.56. The quantitative estimate of drug-likeness (QED) is 0.780. The molecule has 8 fully saturated rings. The molecule has 0 bridgehead atoms. The van der Waals surface area contributed by atoms with E-state index >= 15 is 0 Å². The van der Waals surface area contributed by atoms with Crippen LogP contribution in [0.15, 0.2) is 12.4 Å². The summed E-state index contributed by atoms with van der Waals surface area (Å²) in [6.07, 6.45) is 6.60. The summed E-state index contributed by atoms with van der Waals surface area (Å²) in [5.74, 6) is 7.71. The lowest BCUT2D eigenvalue weighted by molar-refractivity contribution is -0.582. The molecule has 2 aromatic heterocycles. The van der Waals surface area contributed by atoms with Crippen LogP contribution < -0.4 is 16.4 Å². The number of nitrogens with zero attached hydrogens (tertiary/aromatic N) is 5. The van der Waals surface area contributed by atoms with Gasteiger partial charge in [0.25, 0.3) is 0 Å². The minimum absolute atomic E-state index is 0.0366. The highest BCUT2D eigenvalue weighted by Crippen LogP contribution is 3.05. The van der Waals surface area contributed by atoms with Gasteiger partial charge >= 0.3 is 0 Å². The zero-order chi connectivity index (χ0) is 20.4. The third kappa shape index (κ3) is 1.51. The Morgan fingerprint density at radius 1 is 1.03 bits per heavy atom. The molecule has 2 atom stereocenters. The van der Waals surface area contributed by atoms with E-state index in [1.54, 1.807) is 0 Å². The average molecular weight is 418 g/mol. The Balaban J connectivity index is 1.06. The molecule has 1 aliphatic heterocycles. The molecule has 0 aromatic carbocycles. The summed E-state index contributed by atoms with van der Waals surface area (Å²) in [7, 11) is 0. The van der Waals surface area contributed by atoms with Crippen molar-refractivity contribution in [2.24, 2.45) is 41.4 Å². The molecule has 1 saturated heterocycles. The number of rotatable bonds is 4. The smallest absolute Gasteiger partial charge is 0.227 e. The van der Waals surface area contributed by atoms with E-state index in [0.29, 0.717) is 24.1 Å². The lowest BCUT2D eigenvalue weighted by Gasteiger charge is -3.07. The van der Waals surface area contributed by atoms with Crippen molar-refractivity contribution >= 4 is 17.5 Å². The predicted molar refractivity (Wildman–Crippen MR) is 113 cm³/mol. The van der Waals surface area contributed by atoms with E-state index in [1.165, 1.54) is 12.8 Å². The maximum absolute atomic E-state index is 6.50. The Morgan fingerprint density at radius 3 is 2.48 bits per heavy atom. The fourth-order valence-electron chi connectivity index (χ4n) is 9.21. The van der Waals surface area contributed by atoms with Crippen LogP contribution >= 0.6 is 0 Å². The molecule has 8 heteroatoms. The number of aromatic nitrogens is 4. The number of anilines is 3. The maximum atomic E-state index is 6.50. The molecule has 8 nitrogen and oxygen atoms in total. The minimum atomic E-state index is -0.0366. The second-order valence-electron chi connectivity index (χ2n) is 11.3. The summed E-state index contributed by atoms with van der Waals surface area (Å²) in [6, 6.07) is 0.574. The van der Waals surface area contributed by atoms with Crippen LogP contribution in [0.5, 0.6) is 0 Å². The van der Waals surface area contributed by atoms with E-state index in [2.05, 4.69) is 32.8 Å². The van der Waals surface area contributed by atoms with Gasteiger partial charge in [-0.3, -0.25) is 4.68 Å². The van der Waals surface area contributed by atoms with Gasteiger partial charge in [0.2, 0.25) is 5.95 Å². The van der Waals surface area contributed by atoms with E-state index in [-0.39, 0.29) is 17.6 Å². The SMILES string of the molecule is C[C@@H]1CN(c2nc(N)c(N)c(C34C5C6C7C5C3C7C64)n2)C[C@H](c2cnn(C3CC3)c2)O1. The van der Waals surface area contributed by atoms with Gasteiger partial charge in [-0.25, -0.2) is 4.98 Å². The van der Waals surface area contributed by atoms with E-state index in [9.17, 15) is 0 Å². The Kier molecular flexibility index (Phi) is 2.47. The number of nitrogens with two attached hydrogens (primary N) is 2. The van der Waals surface area contributed by atoms with Gasteiger partial charge in [0.15, 0.2) is 5.82 Å². The largest absolute Gasteiger partial charge is 0.394 e. The van der Waals surface area contributed by atoms with Gasteiger partial charge in [-0.2, -0.15) is 10.1 Å². The molecule has 10 rings (SSSR count). The van der Waals surface area contributed by atoms with Gasteiger partial charge in [-0.15, -0.1) is 0 Å². The molecule has 4 N–H and O–H groups in total. The van der Waals surface area contributed by atoms with Crippen LogP contribution in [0.25, 0.3) is 0 Å². The highest BCUT2D eigenvalue weighted by molar-refractivity contribution is 5.71. The van der Waals surface area contributed by atoms with Crippen molar-refractivity contribution in [2.75, 3.05) is 29.5 Å². The van der Waals surface area contributed by atoms with Gasteiger partial charge in [-0.05, 0) is 61.2 Å². The van der Waals surface area contributed by atoms with Crippen LogP contribution in [0.3, 0.4) is 0 Å². The van der Waals surface area contributed by atoms with Gasteiger partial charge in [0.05, 0.1) is 36.3 Å². The molecule has 0 radical (unpaired) electrons. The third-order valence-corrected chi connectivity index (χ3v) is 10.3. The molecule has 2 aromatic rings. The number of hydrogen-bond acceptors (Lipinski definition) is 7. The molecule has 0 unspecified atom stereocenters. The lowest BCUT2D eigenvalue weighted by Crippen LogP contribution is -3.07. The van der Waals surface area contributed by atoms with Crippen molar-refractivity contribution in [2.45, 2.75) is 43.4 Å². The second kappa shape index (κ2) is 4.70. The van der Waals surface area contributed by atoms with Crippen molar-refractivity contribution in [3.63, 3.8) is 0 Å². The summed E-state index contributed by atoms with van der Waals surface area (Å²) < 4.78 is 8.38. The number of hydrogen-bond donors (Lipinski definition) is 2. The summed E-state index contributed by atoms with van der Waals surface area (Å²) in [6.45, 7) is 3.59. The Bertz CT molecular complexity index is 1120. The molecule has 31 heavy (non-hydrogen) atoms. The Labute approximate surface area is 180 Å². The second-order valence-corrected chi connectivity index (χ2v) is 11.3. The molecule has 160 valence electrons. The van der Waals surface area contributed by atoms with Crippen LogP contribution in [0.4, 0.5) is 17.5 Å². The summed E-state index contributed by atoms with van der Waals surface area (Å²) >= 11 is 0. The first kappa shape index (κ1) is 16.3. The molecular formula is C23H27N7O. The van der Waals surface area contributed by atoms with Crippen LogP contribution in [0.2, 0.25) is 0 Å². The molecule has 8 aliphatic rings. The monoisotopic (exact) mass is 417 g/mol. The average Bonchev–Trinajstić information content (AvgIpc) is 3.51. The highest BCUT2D eigenvalue weighted by Gasteiger charge is 3.05. The topological polar surface area (TPSA) is 108 Å². The van der Waals surface area contributed by atoms with Gasteiger partial charge in [-0.1, -0.05) is 0 Å². The van der Waals surface area contributed by atoms with Gasteiger partial charge in [0, 0.05) is 23.7 Å². The standard InChI is InChI=1S/C23H27N7O/c1-8-5-29(7-11(31-8)9-4-26-30(6-9)10-2-3-10)22-27-20(19(24)21(25)28-22)23-16-13-12-14(16)18(23)15(12)17(13)23/h4,6,8,10-18H,2-3,5,7,24H2,1H3,(H2,25,27,28)/t8-,11-,12?,13?,14?,15?,16?,17?,18?,23?/m1/s1. The van der Waals surface area contributed by atoms with Crippen molar-refractivity contribution < 1.29 is 4.74 Å². The van der Waals surface area contributed by atoms with Crippen LogP contribution in [0, 0.1) is 41.4 Å². The molecule has 0 amide bonds. The first-order valence-electron chi connectivity index (χ1n) is 12.0. The molecule has 7 aliphatic carbocycles. The van der Waals surface area contributed by atoms with Crippen molar-refractivity contribution in [3.05, 3.63) is 23.7 Å². The fraction of sp³-hybridized carbons (Fsp3) is 0.696. The summed E-state index contributed by atoms with van der Waals surface area (Å²) in [4.78, 5) is 12.0. The normalized spacial score (nSPS) is 49.3. The van der Waals surface area contributed by atoms with Gasteiger partial charge < -0.3 is 21.1 Å². The van der Waals surface area contributed by atoms with Gasteiger partial charge in [0.1, 0.15) is 6.10 Å². The zero-order valence-electron chi connectivity index (χ0n) is 17.6. The van der Waals surface area contributed by atoms with E-state index in [0.717, 1.165) is 65.2 Å². The van der Waals surface area contributed by atoms with Crippen LogP contribution in [0.1, 0.15) is 43.2 Å². The first-order chi connectivity index (χ1) is 15.1.